The van der Waals surface area contributed by atoms with Crippen molar-refractivity contribution in [3.8, 4) is 5.75 Å². The number of rotatable bonds is 7. The number of nitrogens with two attached hydrogens (primary N) is 1. The average molecular weight is 287 g/mol. The van der Waals surface area contributed by atoms with E-state index in [-0.39, 0.29) is 6.04 Å². The third-order valence-electron chi connectivity index (χ3n) is 3.17. The summed E-state index contributed by atoms with van der Waals surface area (Å²) in [5, 5.41) is 0. The van der Waals surface area contributed by atoms with Gasteiger partial charge in [-0.15, -0.1) is 11.8 Å². The minimum absolute atomic E-state index is 0.224. The highest BCUT2D eigenvalue weighted by Crippen LogP contribution is 2.19. The quantitative estimate of drug-likeness (QED) is 0.788. The molecule has 2 nitrogen and oxygen atoms in total. The fourth-order valence-electron chi connectivity index (χ4n) is 1.95. The van der Waals surface area contributed by atoms with Crippen LogP contribution in [0.25, 0.3) is 0 Å². The lowest BCUT2D eigenvalue weighted by Gasteiger charge is -2.11. The van der Waals surface area contributed by atoms with Crippen LogP contribution in [0.5, 0.6) is 5.75 Å². The molecule has 2 aromatic carbocycles. The molecule has 0 saturated carbocycles. The van der Waals surface area contributed by atoms with Crippen LogP contribution in [-0.4, -0.2) is 18.9 Å². The Hall–Kier alpha value is -1.45. The van der Waals surface area contributed by atoms with E-state index in [0.717, 1.165) is 24.3 Å². The predicted octanol–water partition coefficient (Wildman–Crippen LogP) is 3.75. The smallest absolute Gasteiger partial charge is 0.118 e. The van der Waals surface area contributed by atoms with Crippen molar-refractivity contribution in [1.29, 1.82) is 0 Å². The zero-order chi connectivity index (χ0) is 14.2. The van der Waals surface area contributed by atoms with Crippen molar-refractivity contribution in [3.05, 3.63) is 60.2 Å². The molecular weight excluding hydrogens is 266 g/mol. The van der Waals surface area contributed by atoms with Crippen LogP contribution in [-0.2, 0) is 6.42 Å². The summed E-state index contributed by atoms with van der Waals surface area (Å²) >= 11 is 1.82. The van der Waals surface area contributed by atoms with Crippen molar-refractivity contribution < 1.29 is 4.74 Å². The first-order chi connectivity index (χ1) is 9.78. The number of thioether (sulfide) groups is 1. The van der Waals surface area contributed by atoms with Crippen LogP contribution in [0.2, 0.25) is 0 Å². The molecule has 20 heavy (non-hydrogen) atoms. The van der Waals surface area contributed by atoms with Gasteiger partial charge in [-0.05, 0) is 42.7 Å². The SMILES string of the molecule is COc1ccc(CCC(N)CSc2ccccc2)cc1. The van der Waals surface area contributed by atoms with E-state index >= 15 is 0 Å². The number of methoxy groups -OCH3 is 1. The maximum atomic E-state index is 6.18. The molecule has 2 aromatic rings. The van der Waals surface area contributed by atoms with Gasteiger partial charge in [-0.1, -0.05) is 30.3 Å². The second-order valence-electron chi connectivity index (χ2n) is 4.77. The summed E-state index contributed by atoms with van der Waals surface area (Å²) in [6.07, 6.45) is 2.02. The van der Waals surface area contributed by atoms with Crippen molar-refractivity contribution in [2.45, 2.75) is 23.8 Å². The molecule has 2 N–H and O–H groups in total. The Morgan fingerprint density at radius 1 is 1.05 bits per heavy atom. The zero-order valence-electron chi connectivity index (χ0n) is 11.8. The Kier molecular flexibility index (Phi) is 5.96. The number of hydrogen-bond donors (Lipinski definition) is 1. The minimum Gasteiger partial charge on any atom is -0.497 e. The molecule has 1 unspecified atom stereocenters. The average Bonchev–Trinajstić information content (AvgIpc) is 2.52. The lowest BCUT2D eigenvalue weighted by Crippen LogP contribution is -2.23. The van der Waals surface area contributed by atoms with Crippen LogP contribution < -0.4 is 10.5 Å². The Morgan fingerprint density at radius 3 is 2.40 bits per heavy atom. The fourth-order valence-corrected chi connectivity index (χ4v) is 2.87. The molecule has 0 amide bonds. The van der Waals surface area contributed by atoms with Gasteiger partial charge in [-0.3, -0.25) is 0 Å². The first-order valence-electron chi connectivity index (χ1n) is 6.84. The second-order valence-corrected chi connectivity index (χ2v) is 5.86. The highest BCUT2D eigenvalue weighted by Gasteiger charge is 2.04. The molecular formula is C17H21NOS. The first kappa shape index (κ1) is 14.9. The molecule has 0 saturated heterocycles. The van der Waals surface area contributed by atoms with E-state index in [1.165, 1.54) is 10.5 Å². The zero-order valence-corrected chi connectivity index (χ0v) is 12.6. The van der Waals surface area contributed by atoms with Gasteiger partial charge >= 0.3 is 0 Å². The van der Waals surface area contributed by atoms with E-state index in [9.17, 15) is 0 Å². The Labute approximate surface area is 125 Å². The lowest BCUT2D eigenvalue weighted by atomic mass is 10.1. The van der Waals surface area contributed by atoms with Crippen molar-refractivity contribution in [1.82, 2.24) is 0 Å². The summed E-state index contributed by atoms with van der Waals surface area (Å²) in [7, 11) is 1.69. The van der Waals surface area contributed by atoms with Crippen LogP contribution in [0.3, 0.4) is 0 Å². The molecule has 0 heterocycles. The highest BCUT2D eigenvalue weighted by molar-refractivity contribution is 7.99. The maximum absolute atomic E-state index is 6.18. The number of hydrogen-bond acceptors (Lipinski definition) is 3. The summed E-state index contributed by atoms with van der Waals surface area (Å²) in [6, 6.07) is 18.8. The van der Waals surface area contributed by atoms with E-state index < -0.39 is 0 Å². The van der Waals surface area contributed by atoms with E-state index in [1.54, 1.807) is 7.11 Å². The Bertz CT molecular complexity index is 498. The molecule has 0 aromatic heterocycles. The van der Waals surface area contributed by atoms with E-state index in [4.69, 9.17) is 10.5 Å². The van der Waals surface area contributed by atoms with Gasteiger partial charge in [0.25, 0.3) is 0 Å². The first-order valence-corrected chi connectivity index (χ1v) is 7.83. The van der Waals surface area contributed by atoms with Gasteiger partial charge in [0.1, 0.15) is 5.75 Å². The molecule has 0 aliphatic rings. The van der Waals surface area contributed by atoms with Crippen molar-refractivity contribution in [2.75, 3.05) is 12.9 Å². The third-order valence-corrected chi connectivity index (χ3v) is 4.37. The molecule has 0 aliphatic heterocycles. The number of benzene rings is 2. The summed E-state index contributed by atoms with van der Waals surface area (Å²) in [6.45, 7) is 0. The molecule has 0 bridgehead atoms. The lowest BCUT2D eigenvalue weighted by molar-refractivity contribution is 0.414. The molecule has 0 aliphatic carbocycles. The van der Waals surface area contributed by atoms with E-state index in [1.807, 2.05) is 30.0 Å². The fraction of sp³-hybridized carbons (Fsp3) is 0.294. The number of aryl methyl sites for hydroxylation is 1. The highest BCUT2D eigenvalue weighted by atomic mass is 32.2. The van der Waals surface area contributed by atoms with Gasteiger partial charge in [0.05, 0.1) is 7.11 Å². The van der Waals surface area contributed by atoms with Gasteiger partial charge in [0.15, 0.2) is 0 Å². The molecule has 0 fully saturated rings. The van der Waals surface area contributed by atoms with Crippen LogP contribution >= 0.6 is 11.8 Å². The molecule has 2 rings (SSSR count). The van der Waals surface area contributed by atoms with Crippen molar-refractivity contribution in [2.24, 2.45) is 5.73 Å². The van der Waals surface area contributed by atoms with Gasteiger partial charge in [0, 0.05) is 16.7 Å². The molecule has 1 atom stereocenters. The largest absolute Gasteiger partial charge is 0.497 e. The van der Waals surface area contributed by atoms with Gasteiger partial charge in [-0.2, -0.15) is 0 Å². The second kappa shape index (κ2) is 7.98. The van der Waals surface area contributed by atoms with Gasteiger partial charge < -0.3 is 10.5 Å². The predicted molar refractivity (Wildman–Crippen MR) is 86.5 cm³/mol. The van der Waals surface area contributed by atoms with Crippen LogP contribution in [0.15, 0.2) is 59.5 Å². The van der Waals surface area contributed by atoms with Crippen LogP contribution in [0.1, 0.15) is 12.0 Å². The van der Waals surface area contributed by atoms with Gasteiger partial charge in [0.2, 0.25) is 0 Å². The van der Waals surface area contributed by atoms with Crippen molar-refractivity contribution in [3.63, 3.8) is 0 Å². The summed E-state index contributed by atoms with van der Waals surface area (Å²) in [5.74, 6) is 1.86. The standard InChI is InChI=1S/C17H21NOS/c1-19-16-11-8-14(9-12-16)7-10-15(18)13-20-17-5-3-2-4-6-17/h2-6,8-9,11-12,15H,7,10,13,18H2,1H3. The molecule has 0 radical (unpaired) electrons. The molecule has 0 spiro atoms. The van der Waals surface area contributed by atoms with Crippen LogP contribution in [0, 0.1) is 0 Å². The summed E-state index contributed by atoms with van der Waals surface area (Å²) < 4.78 is 5.15. The topological polar surface area (TPSA) is 35.2 Å². The van der Waals surface area contributed by atoms with Crippen molar-refractivity contribution >= 4 is 11.8 Å². The van der Waals surface area contributed by atoms with Crippen LogP contribution in [0.4, 0.5) is 0 Å². The summed E-state index contributed by atoms with van der Waals surface area (Å²) in [5.41, 5.74) is 7.49. The van der Waals surface area contributed by atoms with Gasteiger partial charge in [-0.25, -0.2) is 0 Å². The Morgan fingerprint density at radius 2 is 1.75 bits per heavy atom. The molecule has 106 valence electrons. The summed E-state index contributed by atoms with van der Waals surface area (Å²) in [4.78, 5) is 1.28. The maximum Gasteiger partial charge on any atom is 0.118 e. The molecule has 3 heteroatoms. The Balaban J connectivity index is 1.73. The van der Waals surface area contributed by atoms with E-state index in [2.05, 4.69) is 36.4 Å². The normalized spacial score (nSPS) is 12.1. The van der Waals surface area contributed by atoms with E-state index in [0.29, 0.717) is 0 Å². The third kappa shape index (κ3) is 4.91. The monoisotopic (exact) mass is 287 g/mol. The minimum atomic E-state index is 0.224. The number of ether oxygens (including phenoxy) is 1.